The number of fused-ring (bicyclic) bond motifs is 1. The highest BCUT2D eigenvalue weighted by molar-refractivity contribution is 5.98. The summed E-state index contributed by atoms with van der Waals surface area (Å²) in [6, 6.07) is 9.55. The third-order valence-corrected chi connectivity index (χ3v) is 5.33. The van der Waals surface area contributed by atoms with Crippen LogP contribution in [0.3, 0.4) is 0 Å². The monoisotopic (exact) mass is 326 g/mol. The van der Waals surface area contributed by atoms with Crippen LogP contribution in [0.25, 0.3) is 10.9 Å². The summed E-state index contributed by atoms with van der Waals surface area (Å²) in [5.41, 5.74) is 1.41. The van der Waals surface area contributed by atoms with Crippen molar-refractivity contribution in [3.8, 4) is 0 Å². The molecule has 2 aromatic rings. The van der Waals surface area contributed by atoms with E-state index in [1.807, 2.05) is 35.2 Å². The smallest absolute Gasteiger partial charge is 0.253 e. The highest BCUT2D eigenvalue weighted by Crippen LogP contribution is 2.37. The lowest BCUT2D eigenvalue weighted by atomic mass is 9.85. The van der Waals surface area contributed by atoms with Crippen molar-refractivity contribution in [2.45, 2.75) is 31.0 Å². The van der Waals surface area contributed by atoms with Crippen molar-refractivity contribution in [3.05, 3.63) is 42.1 Å². The maximum atomic E-state index is 12.9. The van der Waals surface area contributed by atoms with Crippen LogP contribution in [0.1, 0.15) is 29.6 Å². The lowest BCUT2D eigenvalue weighted by Crippen LogP contribution is -2.57. The molecule has 0 unspecified atom stereocenters. The van der Waals surface area contributed by atoms with E-state index in [2.05, 4.69) is 4.98 Å². The number of likely N-dealkylation sites (tertiary alicyclic amines) is 1. The third-order valence-electron chi connectivity index (χ3n) is 5.33. The van der Waals surface area contributed by atoms with Gasteiger partial charge in [0.25, 0.3) is 5.91 Å². The Morgan fingerprint density at radius 1 is 1.38 bits per heavy atom. The average Bonchev–Trinajstić information content (AvgIpc) is 3.10. The molecule has 5 heteroatoms. The molecule has 2 fully saturated rings. The summed E-state index contributed by atoms with van der Waals surface area (Å²) in [4.78, 5) is 19.1. The Kier molecular flexibility index (Phi) is 3.98. The summed E-state index contributed by atoms with van der Waals surface area (Å²) in [5, 5.41) is 0.985. The number of nitrogens with zero attached hydrogens (tertiary/aromatic N) is 2. The molecule has 126 valence electrons. The predicted molar refractivity (Wildman–Crippen MR) is 91.0 cm³/mol. The number of amides is 1. The van der Waals surface area contributed by atoms with Crippen molar-refractivity contribution >= 4 is 16.8 Å². The van der Waals surface area contributed by atoms with Gasteiger partial charge in [-0.1, -0.05) is 6.07 Å². The predicted octanol–water partition coefficient (Wildman–Crippen LogP) is 2.64. The molecule has 3 heterocycles. The normalized spacial score (nSPS) is 27.0. The van der Waals surface area contributed by atoms with Gasteiger partial charge in [-0.2, -0.15) is 0 Å². The molecule has 1 spiro atoms. The number of methoxy groups -OCH3 is 1. The molecule has 0 bridgehead atoms. The van der Waals surface area contributed by atoms with E-state index < -0.39 is 0 Å². The van der Waals surface area contributed by atoms with Gasteiger partial charge in [0.05, 0.1) is 11.1 Å². The quantitative estimate of drug-likeness (QED) is 0.851. The van der Waals surface area contributed by atoms with Crippen molar-refractivity contribution in [3.63, 3.8) is 0 Å². The fraction of sp³-hybridized carbons (Fsp3) is 0.474. The first-order valence-corrected chi connectivity index (χ1v) is 8.53. The summed E-state index contributed by atoms with van der Waals surface area (Å²) in [6.45, 7) is 2.09. The molecule has 1 aromatic carbocycles. The van der Waals surface area contributed by atoms with Crippen LogP contribution in [0.2, 0.25) is 0 Å². The van der Waals surface area contributed by atoms with Crippen LogP contribution in [0.15, 0.2) is 36.5 Å². The number of carbonyl (C=O) groups excluding carboxylic acids is 1. The second-order valence-corrected chi connectivity index (χ2v) is 6.65. The molecule has 0 radical (unpaired) electrons. The Balaban J connectivity index is 1.55. The summed E-state index contributed by atoms with van der Waals surface area (Å²) in [7, 11) is 1.71. The molecule has 2 saturated heterocycles. The van der Waals surface area contributed by atoms with Crippen LogP contribution in [-0.4, -0.2) is 54.3 Å². The van der Waals surface area contributed by atoms with Crippen molar-refractivity contribution in [2.75, 3.05) is 26.8 Å². The van der Waals surface area contributed by atoms with Crippen LogP contribution < -0.4 is 0 Å². The summed E-state index contributed by atoms with van der Waals surface area (Å²) < 4.78 is 11.7. The van der Waals surface area contributed by atoms with E-state index in [9.17, 15) is 4.79 Å². The molecular weight excluding hydrogens is 304 g/mol. The second-order valence-electron chi connectivity index (χ2n) is 6.65. The minimum Gasteiger partial charge on any atom is -0.377 e. The number of hydrogen-bond acceptors (Lipinski definition) is 4. The van der Waals surface area contributed by atoms with E-state index in [1.54, 1.807) is 13.3 Å². The van der Waals surface area contributed by atoms with Crippen molar-refractivity contribution in [1.29, 1.82) is 0 Å². The van der Waals surface area contributed by atoms with E-state index in [-0.39, 0.29) is 17.6 Å². The third kappa shape index (κ3) is 2.58. The molecular formula is C19H22N2O3. The summed E-state index contributed by atoms with van der Waals surface area (Å²) in [6.07, 6.45) is 4.64. The first-order valence-electron chi connectivity index (χ1n) is 8.53. The molecule has 2 aliphatic rings. The first kappa shape index (κ1) is 15.5. The lowest BCUT2D eigenvalue weighted by Gasteiger charge is -2.44. The number of aromatic nitrogens is 1. The molecule has 4 rings (SSSR count). The van der Waals surface area contributed by atoms with E-state index in [0.717, 1.165) is 36.8 Å². The lowest BCUT2D eigenvalue weighted by molar-refractivity contribution is -0.136. The summed E-state index contributed by atoms with van der Waals surface area (Å²) in [5.74, 6) is 0.0515. The topological polar surface area (TPSA) is 51.7 Å². The van der Waals surface area contributed by atoms with E-state index in [0.29, 0.717) is 18.7 Å². The molecule has 24 heavy (non-hydrogen) atoms. The van der Waals surface area contributed by atoms with Gasteiger partial charge >= 0.3 is 0 Å². The molecule has 0 N–H and O–H groups in total. The zero-order valence-electron chi connectivity index (χ0n) is 13.9. The highest BCUT2D eigenvalue weighted by atomic mass is 16.5. The maximum Gasteiger partial charge on any atom is 0.253 e. The van der Waals surface area contributed by atoms with Crippen LogP contribution >= 0.6 is 0 Å². The largest absolute Gasteiger partial charge is 0.377 e. The van der Waals surface area contributed by atoms with E-state index in [4.69, 9.17) is 9.47 Å². The fourth-order valence-electron chi connectivity index (χ4n) is 3.98. The van der Waals surface area contributed by atoms with E-state index >= 15 is 0 Å². The number of rotatable bonds is 2. The zero-order chi connectivity index (χ0) is 16.6. The molecule has 2 atom stereocenters. The SMILES string of the molecule is CO[C@H]1CN(C(=O)c2ccc3ncccc3c2)CC[C@@]12CCCO2. The van der Waals surface area contributed by atoms with Gasteiger partial charge in [0.1, 0.15) is 6.10 Å². The Morgan fingerprint density at radius 3 is 3.08 bits per heavy atom. The Labute approximate surface area is 141 Å². The fourth-order valence-corrected chi connectivity index (χ4v) is 3.98. The standard InChI is InChI=1S/C19H22N2O3/c1-23-17-13-21(10-8-19(17)7-3-11-24-19)18(22)15-5-6-16-14(12-15)4-2-9-20-16/h2,4-6,9,12,17H,3,7-8,10-11,13H2,1H3/t17-,19-/m0/s1. The van der Waals surface area contributed by atoms with Gasteiger partial charge in [0.15, 0.2) is 0 Å². The van der Waals surface area contributed by atoms with Crippen LogP contribution in [0, 0.1) is 0 Å². The molecule has 5 nitrogen and oxygen atoms in total. The molecule has 0 aliphatic carbocycles. The Hall–Kier alpha value is -1.98. The summed E-state index contributed by atoms with van der Waals surface area (Å²) >= 11 is 0. The van der Waals surface area contributed by atoms with Crippen LogP contribution in [0.5, 0.6) is 0 Å². The van der Waals surface area contributed by atoms with Gasteiger partial charge in [0.2, 0.25) is 0 Å². The minimum absolute atomic E-state index is 0.0515. The first-order chi connectivity index (χ1) is 11.7. The van der Waals surface area contributed by atoms with Gasteiger partial charge in [-0.3, -0.25) is 9.78 Å². The number of hydrogen-bond donors (Lipinski definition) is 0. The van der Waals surface area contributed by atoms with Crippen LogP contribution in [0.4, 0.5) is 0 Å². The number of piperidine rings is 1. The van der Waals surface area contributed by atoms with E-state index in [1.165, 1.54) is 0 Å². The van der Waals surface area contributed by atoms with Crippen LogP contribution in [-0.2, 0) is 9.47 Å². The Bertz CT molecular complexity index is 755. The Morgan fingerprint density at radius 2 is 2.29 bits per heavy atom. The van der Waals surface area contributed by atoms with Gasteiger partial charge in [-0.25, -0.2) is 0 Å². The van der Waals surface area contributed by atoms with Crippen molar-refractivity contribution in [1.82, 2.24) is 9.88 Å². The molecule has 1 amide bonds. The number of benzene rings is 1. The average molecular weight is 326 g/mol. The van der Waals surface area contributed by atoms with Gasteiger partial charge in [-0.15, -0.1) is 0 Å². The van der Waals surface area contributed by atoms with Crippen molar-refractivity contribution in [2.24, 2.45) is 0 Å². The molecule has 0 saturated carbocycles. The maximum absolute atomic E-state index is 12.9. The number of pyridine rings is 1. The number of ether oxygens (including phenoxy) is 2. The number of carbonyl (C=O) groups is 1. The molecule has 2 aliphatic heterocycles. The molecule has 1 aromatic heterocycles. The van der Waals surface area contributed by atoms with Crippen molar-refractivity contribution < 1.29 is 14.3 Å². The second kappa shape index (κ2) is 6.15. The van der Waals surface area contributed by atoms with Gasteiger partial charge < -0.3 is 14.4 Å². The zero-order valence-corrected chi connectivity index (χ0v) is 13.9. The van der Waals surface area contributed by atoms with Gasteiger partial charge in [0, 0.05) is 44.0 Å². The minimum atomic E-state index is -0.196. The van der Waals surface area contributed by atoms with Gasteiger partial charge in [-0.05, 0) is 43.5 Å². The highest BCUT2D eigenvalue weighted by Gasteiger charge is 2.47.